The molecule has 0 aliphatic carbocycles. The van der Waals surface area contributed by atoms with Gasteiger partial charge in [0.1, 0.15) is 12.7 Å². The second-order valence-electron chi connectivity index (χ2n) is 5.08. The molecule has 1 atom stereocenters. The van der Waals surface area contributed by atoms with Crippen molar-refractivity contribution in [1.29, 1.82) is 0 Å². The van der Waals surface area contributed by atoms with Crippen LogP contribution < -0.4 is 4.74 Å². The summed E-state index contributed by atoms with van der Waals surface area (Å²) in [6, 6.07) is 13.7. The largest absolute Gasteiger partial charge is 0.484 e. The Morgan fingerprint density at radius 1 is 1.22 bits per heavy atom. The van der Waals surface area contributed by atoms with Gasteiger partial charge in [0.2, 0.25) is 0 Å². The number of imidazole rings is 1. The smallest absolute Gasteiger partial charge is 0.310 e. The molecule has 118 valence electrons. The van der Waals surface area contributed by atoms with Gasteiger partial charge in [-0.3, -0.25) is 10.1 Å². The van der Waals surface area contributed by atoms with Crippen LogP contribution in [0.15, 0.2) is 54.9 Å². The van der Waals surface area contributed by atoms with E-state index in [2.05, 4.69) is 4.98 Å². The van der Waals surface area contributed by atoms with Crippen LogP contribution in [0, 0.1) is 10.1 Å². The number of rotatable bonds is 6. The molecule has 3 aromatic rings. The Labute approximate surface area is 131 Å². The van der Waals surface area contributed by atoms with Crippen molar-refractivity contribution in [3.63, 3.8) is 0 Å². The molecule has 0 radical (unpaired) electrons. The van der Waals surface area contributed by atoms with Crippen LogP contribution in [0.1, 0.15) is 0 Å². The Morgan fingerprint density at radius 2 is 1.96 bits per heavy atom. The minimum atomic E-state index is -0.813. The van der Waals surface area contributed by atoms with Crippen molar-refractivity contribution >= 4 is 16.7 Å². The number of benzene rings is 2. The predicted octanol–water partition coefficient (Wildman–Crippen LogP) is 2.38. The molecule has 7 heteroatoms. The maximum atomic E-state index is 10.9. The first kappa shape index (κ1) is 15.0. The summed E-state index contributed by atoms with van der Waals surface area (Å²) in [6.45, 7) is 0.249. The summed E-state index contributed by atoms with van der Waals surface area (Å²) in [5.41, 5.74) is 1.64. The van der Waals surface area contributed by atoms with E-state index in [1.807, 2.05) is 28.8 Å². The van der Waals surface area contributed by atoms with Crippen LogP contribution >= 0.6 is 0 Å². The molecule has 0 saturated carbocycles. The molecule has 1 heterocycles. The van der Waals surface area contributed by atoms with Gasteiger partial charge >= 0.3 is 5.69 Å². The molecule has 23 heavy (non-hydrogen) atoms. The lowest BCUT2D eigenvalue weighted by molar-refractivity contribution is -0.385. The van der Waals surface area contributed by atoms with E-state index in [-0.39, 0.29) is 18.0 Å². The van der Waals surface area contributed by atoms with Crippen molar-refractivity contribution in [3.8, 4) is 5.75 Å². The van der Waals surface area contributed by atoms with Gasteiger partial charge in [0.25, 0.3) is 0 Å². The van der Waals surface area contributed by atoms with E-state index in [9.17, 15) is 15.2 Å². The summed E-state index contributed by atoms with van der Waals surface area (Å²) < 4.78 is 7.22. The van der Waals surface area contributed by atoms with Crippen LogP contribution in [0.4, 0.5) is 5.69 Å². The number of aliphatic hydroxyl groups excluding tert-OH is 1. The molecule has 0 aliphatic heterocycles. The zero-order valence-electron chi connectivity index (χ0n) is 12.2. The molecule has 2 aromatic carbocycles. The maximum Gasteiger partial charge on any atom is 0.310 e. The predicted molar refractivity (Wildman–Crippen MR) is 84.3 cm³/mol. The molecule has 3 rings (SSSR count). The molecule has 1 unspecified atom stereocenters. The van der Waals surface area contributed by atoms with Crippen molar-refractivity contribution in [2.24, 2.45) is 0 Å². The molecule has 0 fully saturated rings. The fourth-order valence-electron chi connectivity index (χ4n) is 2.35. The van der Waals surface area contributed by atoms with E-state index in [1.54, 1.807) is 18.5 Å². The Kier molecular flexibility index (Phi) is 4.20. The molecule has 0 saturated heterocycles. The van der Waals surface area contributed by atoms with Gasteiger partial charge < -0.3 is 14.4 Å². The fraction of sp³-hybridized carbons (Fsp3) is 0.188. The van der Waals surface area contributed by atoms with E-state index in [1.165, 1.54) is 12.1 Å². The number of ether oxygens (including phenoxy) is 1. The van der Waals surface area contributed by atoms with E-state index in [0.717, 1.165) is 11.0 Å². The van der Waals surface area contributed by atoms with Crippen molar-refractivity contribution < 1.29 is 14.8 Å². The first-order valence-corrected chi connectivity index (χ1v) is 7.09. The SMILES string of the molecule is O=[N+]([O-])c1ccccc1OCC(O)Cn1cnc2ccccc21. The minimum absolute atomic E-state index is 0.0443. The van der Waals surface area contributed by atoms with Gasteiger partial charge in [0.15, 0.2) is 5.75 Å². The number of hydrogen-bond donors (Lipinski definition) is 1. The number of hydrogen-bond acceptors (Lipinski definition) is 5. The van der Waals surface area contributed by atoms with Crippen LogP contribution in [-0.4, -0.2) is 32.3 Å². The molecule has 0 bridgehead atoms. The Morgan fingerprint density at radius 3 is 2.78 bits per heavy atom. The molecule has 0 aliphatic rings. The Bertz CT molecular complexity index is 831. The van der Waals surface area contributed by atoms with Crippen LogP contribution in [0.2, 0.25) is 0 Å². The molecule has 1 aromatic heterocycles. The summed E-state index contributed by atoms with van der Waals surface area (Å²) in [4.78, 5) is 14.7. The third-order valence-electron chi connectivity index (χ3n) is 3.43. The van der Waals surface area contributed by atoms with Crippen molar-refractivity contribution in [1.82, 2.24) is 9.55 Å². The number of nitro benzene ring substituents is 1. The minimum Gasteiger partial charge on any atom is -0.484 e. The van der Waals surface area contributed by atoms with Gasteiger partial charge in [-0.05, 0) is 18.2 Å². The highest BCUT2D eigenvalue weighted by Crippen LogP contribution is 2.25. The van der Waals surface area contributed by atoms with Crippen LogP contribution in [0.5, 0.6) is 5.75 Å². The summed E-state index contributed by atoms with van der Waals surface area (Å²) in [5, 5.41) is 21.0. The van der Waals surface area contributed by atoms with Crippen LogP contribution in [0.25, 0.3) is 11.0 Å². The van der Waals surface area contributed by atoms with Crippen molar-refractivity contribution in [2.45, 2.75) is 12.6 Å². The van der Waals surface area contributed by atoms with Gasteiger partial charge in [-0.15, -0.1) is 0 Å². The summed E-state index contributed by atoms with van der Waals surface area (Å²) in [5.74, 6) is 0.145. The van der Waals surface area contributed by atoms with E-state index < -0.39 is 11.0 Å². The first-order chi connectivity index (χ1) is 11.1. The van der Waals surface area contributed by atoms with E-state index in [4.69, 9.17) is 4.74 Å². The molecular formula is C16H15N3O4. The Balaban J connectivity index is 1.66. The average molecular weight is 313 g/mol. The van der Waals surface area contributed by atoms with Gasteiger partial charge in [-0.1, -0.05) is 24.3 Å². The zero-order chi connectivity index (χ0) is 16.2. The number of fused-ring (bicyclic) bond motifs is 1. The topological polar surface area (TPSA) is 90.4 Å². The highest BCUT2D eigenvalue weighted by atomic mass is 16.6. The number of aromatic nitrogens is 2. The lowest BCUT2D eigenvalue weighted by Crippen LogP contribution is -2.23. The highest BCUT2D eigenvalue weighted by molar-refractivity contribution is 5.74. The summed E-state index contributed by atoms with van der Waals surface area (Å²) >= 11 is 0. The van der Waals surface area contributed by atoms with E-state index in [0.29, 0.717) is 6.54 Å². The third-order valence-corrected chi connectivity index (χ3v) is 3.43. The highest BCUT2D eigenvalue weighted by Gasteiger charge is 2.16. The third kappa shape index (κ3) is 3.29. The number of para-hydroxylation sites is 4. The van der Waals surface area contributed by atoms with Gasteiger partial charge in [0.05, 0.1) is 28.8 Å². The number of nitrogens with zero attached hydrogens (tertiary/aromatic N) is 3. The van der Waals surface area contributed by atoms with Crippen molar-refractivity contribution in [3.05, 3.63) is 65.0 Å². The second kappa shape index (κ2) is 6.45. The second-order valence-corrected chi connectivity index (χ2v) is 5.08. The lowest BCUT2D eigenvalue weighted by Gasteiger charge is -2.13. The lowest BCUT2D eigenvalue weighted by atomic mass is 10.3. The van der Waals surface area contributed by atoms with Gasteiger partial charge in [0, 0.05) is 6.07 Å². The van der Waals surface area contributed by atoms with Crippen LogP contribution in [-0.2, 0) is 6.54 Å². The average Bonchev–Trinajstić information content (AvgIpc) is 2.96. The van der Waals surface area contributed by atoms with Gasteiger partial charge in [-0.2, -0.15) is 0 Å². The quantitative estimate of drug-likeness (QED) is 0.557. The standard InChI is InChI=1S/C16H15N3O4/c20-12(9-18-11-17-13-5-1-2-6-14(13)18)10-23-16-8-4-3-7-15(16)19(21)22/h1-8,11-12,20H,9-10H2. The first-order valence-electron chi connectivity index (χ1n) is 7.09. The van der Waals surface area contributed by atoms with Crippen LogP contribution in [0.3, 0.4) is 0 Å². The Hall–Kier alpha value is -2.93. The molecule has 0 amide bonds. The maximum absolute atomic E-state index is 10.9. The molecule has 1 N–H and O–H groups in total. The summed E-state index contributed by atoms with van der Waals surface area (Å²) in [6.07, 6.45) is 0.839. The molecule has 7 nitrogen and oxygen atoms in total. The fourth-order valence-corrected chi connectivity index (χ4v) is 2.35. The summed E-state index contributed by atoms with van der Waals surface area (Å²) in [7, 11) is 0. The molecule has 0 spiro atoms. The molecular weight excluding hydrogens is 298 g/mol. The number of nitro groups is 1. The van der Waals surface area contributed by atoms with Crippen molar-refractivity contribution in [2.75, 3.05) is 6.61 Å². The number of aliphatic hydroxyl groups is 1. The monoisotopic (exact) mass is 313 g/mol. The zero-order valence-corrected chi connectivity index (χ0v) is 12.2. The normalized spacial score (nSPS) is 12.2. The van der Waals surface area contributed by atoms with E-state index >= 15 is 0 Å². The van der Waals surface area contributed by atoms with Gasteiger partial charge in [-0.25, -0.2) is 4.98 Å².